The van der Waals surface area contributed by atoms with Crippen LogP contribution in [0.4, 0.5) is 0 Å². The molecule has 0 N–H and O–H groups in total. The topological polar surface area (TPSA) is 30.2 Å². The molecule has 6 atom stereocenters. The lowest BCUT2D eigenvalue weighted by molar-refractivity contribution is -0.137. The number of hydrogen-bond acceptors (Lipinski definition) is 2. The number of carbonyl (C=O) groups is 1. The quantitative estimate of drug-likeness (QED) is 0.525. The van der Waals surface area contributed by atoms with Crippen LogP contribution in [-0.4, -0.2) is 5.78 Å². The summed E-state index contributed by atoms with van der Waals surface area (Å²) in [6, 6.07) is 3.98. The number of aryl methyl sites for hydroxylation is 1. The molecule has 0 amide bonds. The standard InChI is InChI=1S/C25H34O2/c1-16-7-9-19(27-16)14-17-15-22-20-10-8-18-6-4-5-12-24(18,2)21(20)11-13-25(22,3)23(17)26/h7,9,14,18,20-22H,4-6,8,10-13,15H2,1-3H3/b17-14+/t18-,20-,21+,22+,24-,25-/m0/s1. The summed E-state index contributed by atoms with van der Waals surface area (Å²) >= 11 is 0. The number of furan rings is 1. The molecule has 0 aromatic carbocycles. The molecule has 0 aliphatic heterocycles. The molecule has 0 bridgehead atoms. The summed E-state index contributed by atoms with van der Waals surface area (Å²) in [5.74, 6) is 5.25. The number of fused-ring (bicyclic) bond motifs is 5. The van der Waals surface area contributed by atoms with Crippen molar-refractivity contribution in [3.05, 3.63) is 29.2 Å². The normalized spacial score (nSPS) is 45.4. The van der Waals surface area contributed by atoms with Gasteiger partial charge in [-0.1, -0.05) is 26.7 Å². The smallest absolute Gasteiger partial charge is 0.165 e. The van der Waals surface area contributed by atoms with Gasteiger partial charge in [0.05, 0.1) is 0 Å². The Balaban J connectivity index is 1.46. The van der Waals surface area contributed by atoms with Gasteiger partial charge in [0.1, 0.15) is 11.5 Å². The molecule has 0 spiro atoms. The summed E-state index contributed by atoms with van der Waals surface area (Å²) in [5, 5.41) is 0. The molecule has 0 saturated heterocycles. The fourth-order valence-electron chi connectivity index (χ4n) is 7.80. The Labute approximate surface area is 163 Å². The highest BCUT2D eigenvalue weighted by Crippen LogP contribution is 2.66. The van der Waals surface area contributed by atoms with Crippen molar-refractivity contribution in [2.75, 3.05) is 0 Å². The zero-order chi connectivity index (χ0) is 18.8. The number of ketones is 1. The Hall–Kier alpha value is -1.31. The first kappa shape index (κ1) is 17.8. The monoisotopic (exact) mass is 366 g/mol. The lowest BCUT2D eigenvalue weighted by Crippen LogP contribution is -2.52. The molecule has 0 unspecified atom stereocenters. The highest BCUT2D eigenvalue weighted by molar-refractivity contribution is 6.05. The maximum absolute atomic E-state index is 13.4. The van der Waals surface area contributed by atoms with E-state index < -0.39 is 0 Å². The van der Waals surface area contributed by atoms with Gasteiger partial charge in [-0.25, -0.2) is 0 Å². The minimum absolute atomic E-state index is 0.132. The number of allylic oxidation sites excluding steroid dienone is 1. The van der Waals surface area contributed by atoms with Gasteiger partial charge in [-0.05, 0) is 105 Å². The van der Waals surface area contributed by atoms with Crippen molar-refractivity contribution in [1.82, 2.24) is 0 Å². The maximum atomic E-state index is 13.4. The summed E-state index contributed by atoms with van der Waals surface area (Å²) in [5.41, 5.74) is 1.43. The van der Waals surface area contributed by atoms with Gasteiger partial charge in [-0.2, -0.15) is 0 Å². The molecule has 2 nitrogen and oxygen atoms in total. The predicted molar refractivity (Wildman–Crippen MR) is 108 cm³/mol. The summed E-state index contributed by atoms with van der Waals surface area (Å²) in [4.78, 5) is 13.4. The molecule has 4 aliphatic rings. The van der Waals surface area contributed by atoms with Crippen LogP contribution in [0.1, 0.15) is 83.2 Å². The van der Waals surface area contributed by atoms with Gasteiger partial charge in [0.15, 0.2) is 5.78 Å². The summed E-state index contributed by atoms with van der Waals surface area (Å²) in [7, 11) is 0. The Bertz CT molecular complexity index is 786. The van der Waals surface area contributed by atoms with Gasteiger partial charge in [-0.3, -0.25) is 4.79 Å². The van der Waals surface area contributed by atoms with Crippen molar-refractivity contribution in [2.24, 2.45) is 34.5 Å². The Morgan fingerprint density at radius 1 is 1.04 bits per heavy atom. The molecule has 5 rings (SSSR count). The second-order valence-corrected chi connectivity index (χ2v) is 10.5. The van der Waals surface area contributed by atoms with Crippen LogP contribution in [0.2, 0.25) is 0 Å². The SMILES string of the molecule is Cc1ccc(/C=C2\C[C@@H]3[C@H]4CC[C@@H]5CCCC[C@]5(C)[C@@H]4CC[C@]3(C)C2=O)o1. The second kappa shape index (κ2) is 6.09. The van der Waals surface area contributed by atoms with E-state index in [0.29, 0.717) is 17.1 Å². The minimum atomic E-state index is -0.132. The van der Waals surface area contributed by atoms with Crippen LogP contribution in [0.3, 0.4) is 0 Å². The highest BCUT2D eigenvalue weighted by atomic mass is 16.3. The molecule has 2 heteroatoms. The third kappa shape index (κ3) is 2.54. The Morgan fingerprint density at radius 2 is 1.89 bits per heavy atom. The van der Waals surface area contributed by atoms with Crippen LogP contribution in [0.25, 0.3) is 6.08 Å². The van der Waals surface area contributed by atoms with E-state index in [9.17, 15) is 4.79 Å². The van der Waals surface area contributed by atoms with E-state index >= 15 is 0 Å². The molecule has 4 saturated carbocycles. The first-order valence-electron chi connectivity index (χ1n) is 11.2. The molecule has 1 aromatic rings. The maximum Gasteiger partial charge on any atom is 0.165 e. The summed E-state index contributed by atoms with van der Waals surface area (Å²) < 4.78 is 5.74. The molecular weight excluding hydrogens is 332 g/mol. The van der Waals surface area contributed by atoms with Crippen LogP contribution < -0.4 is 0 Å². The molecule has 0 radical (unpaired) electrons. The van der Waals surface area contributed by atoms with E-state index in [2.05, 4.69) is 13.8 Å². The Kier molecular flexibility index (Phi) is 4.01. The lowest BCUT2D eigenvalue weighted by atomic mass is 9.45. The lowest BCUT2D eigenvalue weighted by Gasteiger charge is -2.59. The van der Waals surface area contributed by atoms with Crippen molar-refractivity contribution < 1.29 is 9.21 Å². The average Bonchev–Trinajstić information content (AvgIpc) is 3.16. The van der Waals surface area contributed by atoms with E-state index in [1.807, 2.05) is 25.1 Å². The summed E-state index contributed by atoms with van der Waals surface area (Å²) in [6.07, 6.45) is 13.8. The fourth-order valence-corrected chi connectivity index (χ4v) is 7.80. The van der Waals surface area contributed by atoms with Crippen molar-refractivity contribution in [3.63, 3.8) is 0 Å². The molecule has 1 aromatic heterocycles. The predicted octanol–water partition coefficient (Wildman–Crippen LogP) is 6.58. The van der Waals surface area contributed by atoms with Gasteiger partial charge >= 0.3 is 0 Å². The fraction of sp³-hybridized carbons (Fsp3) is 0.720. The Morgan fingerprint density at radius 3 is 2.67 bits per heavy atom. The molecule has 4 aliphatic carbocycles. The zero-order valence-corrected chi connectivity index (χ0v) is 17.2. The molecule has 1 heterocycles. The van der Waals surface area contributed by atoms with Gasteiger partial charge in [0, 0.05) is 5.41 Å². The van der Waals surface area contributed by atoms with E-state index in [0.717, 1.165) is 47.7 Å². The molecule has 4 fully saturated rings. The highest BCUT2D eigenvalue weighted by Gasteiger charge is 2.60. The first-order valence-corrected chi connectivity index (χ1v) is 11.2. The van der Waals surface area contributed by atoms with Crippen LogP contribution in [0.5, 0.6) is 0 Å². The molecule has 146 valence electrons. The summed E-state index contributed by atoms with van der Waals surface area (Å²) in [6.45, 7) is 6.85. The average molecular weight is 367 g/mol. The first-order chi connectivity index (χ1) is 12.9. The van der Waals surface area contributed by atoms with Gasteiger partial charge < -0.3 is 4.42 Å². The van der Waals surface area contributed by atoms with Gasteiger partial charge in [0.2, 0.25) is 0 Å². The van der Waals surface area contributed by atoms with E-state index in [-0.39, 0.29) is 5.41 Å². The van der Waals surface area contributed by atoms with E-state index in [1.54, 1.807) is 0 Å². The molecular formula is C25H34O2. The zero-order valence-electron chi connectivity index (χ0n) is 17.2. The molecule has 27 heavy (non-hydrogen) atoms. The number of rotatable bonds is 1. The van der Waals surface area contributed by atoms with Crippen LogP contribution >= 0.6 is 0 Å². The number of carbonyl (C=O) groups excluding carboxylic acids is 1. The van der Waals surface area contributed by atoms with Crippen molar-refractivity contribution in [2.45, 2.75) is 78.6 Å². The van der Waals surface area contributed by atoms with Crippen LogP contribution in [-0.2, 0) is 4.79 Å². The van der Waals surface area contributed by atoms with Crippen molar-refractivity contribution in [3.8, 4) is 0 Å². The van der Waals surface area contributed by atoms with Crippen LogP contribution in [0.15, 0.2) is 22.1 Å². The van der Waals surface area contributed by atoms with E-state index in [1.165, 1.54) is 44.9 Å². The van der Waals surface area contributed by atoms with Gasteiger partial charge in [0.25, 0.3) is 0 Å². The van der Waals surface area contributed by atoms with Crippen molar-refractivity contribution in [1.29, 1.82) is 0 Å². The number of Topliss-reactive ketones (excluding diaryl/α,β-unsaturated/α-hetero) is 1. The largest absolute Gasteiger partial charge is 0.462 e. The second-order valence-electron chi connectivity index (χ2n) is 10.5. The van der Waals surface area contributed by atoms with Crippen molar-refractivity contribution >= 4 is 11.9 Å². The minimum Gasteiger partial charge on any atom is -0.462 e. The number of hydrogen-bond donors (Lipinski definition) is 0. The van der Waals surface area contributed by atoms with Gasteiger partial charge in [-0.15, -0.1) is 0 Å². The third-order valence-corrected chi connectivity index (χ3v) is 9.30. The third-order valence-electron chi connectivity index (χ3n) is 9.30. The van der Waals surface area contributed by atoms with Crippen LogP contribution in [0, 0.1) is 41.4 Å². The van der Waals surface area contributed by atoms with E-state index in [4.69, 9.17) is 4.42 Å².